The first-order chi connectivity index (χ1) is 17.3. The molecule has 0 fully saturated rings. The third-order valence-corrected chi connectivity index (χ3v) is 6.06. The van der Waals surface area contributed by atoms with Crippen molar-refractivity contribution in [3.63, 3.8) is 0 Å². The molecule has 2 N–H and O–H groups in total. The van der Waals surface area contributed by atoms with Crippen molar-refractivity contribution in [2.24, 2.45) is 0 Å². The molecule has 0 aliphatic heterocycles. The number of nitrogens with one attached hydrogen (secondary N) is 1. The van der Waals surface area contributed by atoms with Crippen molar-refractivity contribution in [3.05, 3.63) is 105 Å². The Hall–Kier alpha value is -4.12. The second kappa shape index (κ2) is 10.6. The summed E-state index contributed by atoms with van der Waals surface area (Å²) in [4.78, 5) is 25.1. The van der Waals surface area contributed by atoms with Crippen LogP contribution >= 0.6 is 23.2 Å². The van der Waals surface area contributed by atoms with E-state index in [1.54, 1.807) is 42.5 Å². The highest BCUT2D eigenvalue weighted by atomic mass is 35.5. The Morgan fingerprint density at radius 1 is 1.06 bits per heavy atom. The maximum atomic E-state index is 13.3. The van der Waals surface area contributed by atoms with Crippen molar-refractivity contribution in [2.45, 2.75) is 19.9 Å². The van der Waals surface area contributed by atoms with Gasteiger partial charge in [-0.25, -0.2) is 4.68 Å². The van der Waals surface area contributed by atoms with Crippen LogP contribution in [0.1, 0.15) is 32.7 Å². The molecule has 4 aromatic rings. The molecule has 0 aliphatic carbocycles. The van der Waals surface area contributed by atoms with Gasteiger partial charge < -0.3 is 10.4 Å². The molecule has 0 radical (unpaired) electrons. The molecule has 0 bridgehead atoms. The fourth-order valence-electron chi connectivity index (χ4n) is 3.75. The lowest BCUT2D eigenvalue weighted by molar-refractivity contribution is -0.136. The minimum atomic E-state index is -1.11. The fourth-order valence-corrected chi connectivity index (χ4v) is 4.24. The van der Waals surface area contributed by atoms with Gasteiger partial charge in [-0.3, -0.25) is 9.59 Å². The van der Waals surface area contributed by atoms with Crippen molar-refractivity contribution >= 4 is 35.1 Å². The number of carboxylic acids is 1. The van der Waals surface area contributed by atoms with E-state index in [-0.39, 0.29) is 17.8 Å². The molecule has 0 spiro atoms. The quantitative estimate of drug-likeness (QED) is 0.331. The highest BCUT2D eigenvalue weighted by Gasteiger charge is 2.27. The first kappa shape index (κ1) is 25.0. The average Bonchev–Trinajstić information content (AvgIpc) is 3.21. The second-order valence-electron chi connectivity index (χ2n) is 8.11. The van der Waals surface area contributed by atoms with Crippen LogP contribution < -0.4 is 5.32 Å². The van der Waals surface area contributed by atoms with E-state index in [9.17, 15) is 14.7 Å². The molecule has 7 nitrogen and oxygen atoms in total. The summed E-state index contributed by atoms with van der Waals surface area (Å²) in [5, 5.41) is 26.7. The smallest absolute Gasteiger partial charge is 0.307 e. The number of aryl methyl sites for hydroxylation is 1. The van der Waals surface area contributed by atoms with Gasteiger partial charge in [-0.15, -0.1) is 0 Å². The number of aromatic nitrogens is 2. The van der Waals surface area contributed by atoms with Crippen molar-refractivity contribution in [1.82, 2.24) is 15.1 Å². The predicted molar refractivity (Wildman–Crippen MR) is 137 cm³/mol. The Morgan fingerprint density at radius 3 is 2.36 bits per heavy atom. The molecular formula is C27H20Cl2N4O3. The first-order valence-electron chi connectivity index (χ1n) is 10.9. The number of amides is 1. The number of carbonyl (C=O) groups is 2. The SMILES string of the molecule is Cc1ccc(-c2c(CC(=O)O)c(C(=O)NCc3ccc(C#N)cc3)nn2-c2ccc(Cl)cc2Cl)cc1. The molecule has 4 rings (SSSR count). The number of hydrogen-bond donors (Lipinski definition) is 2. The molecular weight excluding hydrogens is 499 g/mol. The molecule has 1 aromatic heterocycles. The number of carbonyl (C=O) groups excluding carboxylic acids is 1. The lowest BCUT2D eigenvalue weighted by Crippen LogP contribution is -2.25. The van der Waals surface area contributed by atoms with E-state index >= 15 is 0 Å². The van der Waals surface area contributed by atoms with Gasteiger partial charge in [-0.05, 0) is 42.8 Å². The highest BCUT2D eigenvalue weighted by molar-refractivity contribution is 6.35. The van der Waals surface area contributed by atoms with Crippen LogP contribution in [-0.2, 0) is 17.8 Å². The number of nitriles is 1. The molecule has 1 heterocycles. The van der Waals surface area contributed by atoms with Gasteiger partial charge in [-0.1, -0.05) is 65.2 Å². The Labute approximate surface area is 217 Å². The lowest BCUT2D eigenvalue weighted by Gasteiger charge is -2.11. The molecule has 0 saturated carbocycles. The lowest BCUT2D eigenvalue weighted by atomic mass is 10.0. The van der Waals surface area contributed by atoms with Gasteiger partial charge in [0, 0.05) is 22.7 Å². The van der Waals surface area contributed by atoms with E-state index in [0.29, 0.717) is 32.6 Å². The van der Waals surface area contributed by atoms with Crippen LogP contribution in [0.4, 0.5) is 0 Å². The second-order valence-corrected chi connectivity index (χ2v) is 8.95. The van der Waals surface area contributed by atoms with Crippen molar-refractivity contribution in [1.29, 1.82) is 5.26 Å². The Balaban J connectivity index is 1.82. The van der Waals surface area contributed by atoms with Crippen LogP contribution in [0.2, 0.25) is 10.0 Å². The Bertz CT molecular complexity index is 1490. The molecule has 0 atom stereocenters. The molecule has 180 valence electrons. The summed E-state index contributed by atoms with van der Waals surface area (Å²) in [6.07, 6.45) is -0.423. The zero-order chi connectivity index (χ0) is 25.8. The largest absolute Gasteiger partial charge is 0.481 e. The number of benzene rings is 3. The summed E-state index contributed by atoms with van der Waals surface area (Å²) in [6, 6.07) is 21.2. The van der Waals surface area contributed by atoms with Crippen molar-refractivity contribution in [2.75, 3.05) is 0 Å². The maximum absolute atomic E-state index is 13.3. The summed E-state index contributed by atoms with van der Waals surface area (Å²) in [5.41, 5.74) is 4.13. The van der Waals surface area contributed by atoms with E-state index in [4.69, 9.17) is 28.5 Å². The molecule has 1 amide bonds. The zero-order valence-corrected chi connectivity index (χ0v) is 20.6. The summed E-state index contributed by atoms with van der Waals surface area (Å²) in [5.74, 6) is -1.64. The molecule has 9 heteroatoms. The van der Waals surface area contributed by atoms with E-state index in [1.165, 1.54) is 4.68 Å². The number of aliphatic carboxylic acids is 1. The highest BCUT2D eigenvalue weighted by Crippen LogP contribution is 2.33. The van der Waals surface area contributed by atoms with Crippen LogP contribution in [0.15, 0.2) is 66.7 Å². The van der Waals surface area contributed by atoms with Crippen molar-refractivity contribution < 1.29 is 14.7 Å². The third kappa shape index (κ3) is 5.41. The van der Waals surface area contributed by atoms with Gasteiger partial charge in [0.2, 0.25) is 0 Å². The van der Waals surface area contributed by atoms with Crippen molar-refractivity contribution in [3.8, 4) is 23.0 Å². The van der Waals surface area contributed by atoms with Gasteiger partial charge in [0.15, 0.2) is 5.69 Å². The molecule has 3 aromatic carbocycles. The number of halogens is 2. The van der Waals surface area contributed by atoms with E-state index in [2.05, 4.69) is 10.4 Å². The van der Waals surface area contributed by atoms with Gasteiger partial charge in [0.1, 0.15) is 0 Å². The first-order valence-corrected chi connectivity index (χ1v) is 11.7. The number of carboxylic acid groups (broad SMARTS) is 1. The summed E-state index contributed by atoms with van der Waals surface area (Å²) in [6.45, 7) is 2.11. The normalized spacial score (nSPS) is 10.6. The average molecular weight is 519 g/mol. The predicted octanol–water partition coefficient (Wildman–Crippen LogP) is 5.58. The Morgan fingerprint density at radius 2 is 1.75 bits per heavy atom. The summed E-state index contributed by atoms with van der Waals surface area (Å²) < 4.78 is 1.48. The van der Waals surface area contributed by atoms with Crippen LogP contribution in [0.3, 0.4) is 0 Å². The summed E-state index contributed by atoms with van der Waals surface area (Å²) in [7, 11) is 0. The van der Waals surface area contributed by atoms with E-state index < -0.39 is 18.3 Å². The zero-order valence-electron chi connectivity index (χ0n) is 19.1. The molecule has 0 unspecified atom stereocenters. The number of rotatable bonds is 7. The Kier molecular flexibility index (Phi) is 7.39. The maximum Gasteiger partial charge on any atom is 0.307 e. The number of hydrogen-bond acceptors (Lipinski definition) is 4. The molecule has 36 heavy (non-hydrogen) atoms. The fraction of sp³-hybridized carbons (Fsp3) is 0.111. The summed E-state index contributed by atoms with van der Waals surface area (Å²) >= 11 is 12.6. The topological polar surface area (TPSA) is 108 Å². The number of nitrogens with zero attached hydrogens (tertiary/aromatic N) is 3. The molecule has 0 saturated heterocycles. The van der Waals surface area contributed by atoms with Gasteiger partial charge in [0.05, 0.1) is 34.5 Å². The monoisotopic (exact) mass is 518 g/mol. The minimum absolute atomic E-state index is 0.0207. The third-order valence-electron chi connectivity index (χ3n) is 5.53. The van der Waals surface area contributed by atoms with Gasteiger partial charge in [-0.2, -0.15) is 10.4 Å². The van der Waals surface area contributed by atoms with Crippen LogP contribution in [-0.4, -0.2) is 26.8 Å². The van der Waals surface area contributed by atoms with E-state index in [0.717, 1.165) is 11.1 Å². The van der Waals surface area contributed by atoms with E-state index in [1.807, 2.05) is 37.3 Å². The standard InChI is InChI=1S/C27H20Cl2N4O3/c1-16-2-8-19(9-3-16)26-21(13-24(34)35)25(32-33(26)23-11-10-20(28)12-22(23)29)27(36)31-15-18-6-4-17(14-30)5-7-18/h2-12H,13,15H2,1H3,(H,31,36)(H,34,35). The van der Waals surface area contributed by atoms with Gasteiger partial charge in [0.25, 0.3) is 5.91 Å². The van der Waals surface area contributed by atoms with Gasteiger partial charge >= 0.3 is 5.97 Å². The van der Waals surface area contributed by atoms with Crippen LogP contribution in [0.5, 0.6) is 0 Å². The van der Waals surface area contributed by atoms with Crippen LogP contribution in [0, 0.1) is 18.3 Å². The molecule has 0 aliphatic rings. The minimum Gasteiger partial charge on any atom is -0.481 e. The van der Waals surface area contributed by atoms with Crippen LogP contribution in [0.25, 0.3) is 16.9 Å².